The first kappa shape index (κ1) is 15.5. The van der Waals surface area contributed by atoms with E-state index in [1.807, 2.05) is 0 Å². The van der Waals surface area contributed by atoms with E-state index in [1.165, 1.54) is 13.0 Å². The van der Waals surface area contributed by atoms with Crippen molar-refractivity contribution in [3.8, 4) is 0 Å². The highest BCUT2D eigenvalue weighted by atomic mass is 32.3. The van der Waals surface area contributed by atoms with Crippen molar-refractivity contribution in [2.75, 3.05) is 0 Å². The fourth-order valence-electron chi connectivity index (χ4n) is 0.529. The zero-order valence-electron chi connectivity index (χ0n) is 7.89. The van der Waals surface area contributed by atoms with Crippen molar-refractivity contribution < 1.29 is 27.0 Å². The van der Waals surface area contributed by atoms with Crippen molar-refractivity contribution in [2.45, 2.75) is 20.3 Å². The monoisotopic (exact) mass is 227 g/mol. The van der Waals surface area contributed by atoms with Crippen LogP contribution in [-0.2, 0) is 24.4 Å². The highest BCUT2D eigenvalue weighted by Gasteiger charge is 2.12. The van der Waals surface area contributed by atoms with Gasteiger partial charge in [-0.15, -0.1) is 0 Å². The van der Waals surface area contributed by atoms with Crippen LogP contribution in [-0.4, -0.2) is 18.9 Å². The normalized spacial score (nSPS) is 11.8. The van der Waals surface area contributed by atoms with Crippen LogP contribution < -0.4 is 6.15 Å². The van der Waals surface area contributed by atoms with Gasteiger partial charge in [0.25, 0.3) is 0 Å². The molecule has 0 rings (SSSR count). The zero-order valence-corrected chi connectivity index (χ0v) is 8.70. The third kappa shape index (κ3) is 7.68. The number of allylic oxidation sites excluding steroid dienone is 1. The quantitative estimate of drug-likeness (QED) is 0.314. The van der Waals surface area contributed by atoms with Crippen LogP contribution in [0.1, 0.15) is 20.3 Å². The molecule has 14 heavy (non-hydrogen) atoms. The van der Waals surface area contributed by atoms with Gasteiger partial charge in [-0.25, -0.2) is 4.79 Å². The minimum Gasteiger partial charge on any atom is -0.344 e. The molecule has 0 aliphatic carbocycles. The Morgan fingerprint density at radius 1 is 1.50 bits per heavy atom. The third-order valence-corrected chi connectivity index (χ3v) is 1.27. The predicted molar refractivity (Wildman–Crippen MR) is 47.8 cm³/mol. The predicted octanol–water partition coefficient (Wildman–Crippen LogP) is 0.782. The van der Waals surface area contributed by atoms with E-state index in [-0.39, 0.29) is 11.7 Å². The maximum Gasteiger partial charge on any atom is 0.432 e. The number of hydrogen-bond acceptors (Lipinski definition) is 6. The Morgan fingerprint density at radius 2 is 2.00 bits per heavy atom. The van der Waals surface area contributed by atoms with E-state index < -0.39 is 16.4 Å². The molecule has 0 aromatic heterocycles. The average Bonchev–Trinajstić information content (AvgIpc) is 1.99. The molecular formula is C6H13NO6S. The standard InChI is InChI=1S/C6H10O6S.H3N/c1-3-4-5(2)6(7)11-12-13(8,9)10;/h4H,3H2,1-2H3,(H,8,9,10);1H3. The zero-order chi connectivity index (χ0) is 10.5. The first-order valence-electron chi connectivity index (χ1n) is 3.41. The largest absolute Gasteiger partial charge is 0.432 e. The Hall–Kier alpha value is -0.960. The van der Waals surface area contributed by atoms with Crippen molar-refractivity contribution in [1.82, 2.24) is 6.15 Å². The highest BCUT2D eigenvalue weighted by molar-refractivity contribution is 7.80. The van der Waals surface area contributed by atoms with E-state index in [9.17, 15) is 13.2 Å². The molecule has 0 bridgehead atoms. The Morgan fingerprint density at radius 3 is 2.36 bits per heavy atom. The van der Waals surface area contributed by atoms with Crippen LogP contribution in [0.4, 0.5) is 0 Å². The highest BCUT2D eigenvalue weighted by Crippen LogP contribution is 2.00. The summed E-state index contributed by atoms with van der Waals surface area (Å²) in [5.74, 6) is -0.959. The summed E-state index contributed by atoms with van der Waals surface area (Å²) in [7, 11) is -4.74. The second-order valence-corrected chi connectivity index (χ2v) is 3.15. The van der Waals surface area contributed by atoms with Gasteiger partial charge >= 0.3 is 16.4 Å². The van der Waals surface area contributed by atoms with Gasteiger partial charge in [0.05, 0.1) is 0 Å². The van der Waals surface area contributed by atoms with E-state index in [0.717, 1.165) is 0 Å². The molecule has 84 valence electrons. The summed E-state index contributed by atoms with van der Waals surface area (Å²) in [6.45, 7) is 3.22. The van der Waals surface area contributed by atoms with E-state index in [2.05, 4.69) is 9.22 Å². The Kier molecular flexibility index (Phi) is 7.19. The fraction of sp³-hybridized carbons (Fsp3) is 0.500. The van der Waals surface area contributed by atoms with Crippen LogP contribution in [0.3, 0.4) is 0 Å². The lowest BCUT2D eigenvalue weighted by Gasteiger charge is -1.98. The van der Waals surface area contributed by atoms with Crippen LogP contribution in [0.25, 0.3) is 0 Å². The molecule has 0 spiro atoms. The van der Waals surface area contributed by atoms with Gasteiger partial charge in [-0.05, 0) is 17.7 Å². The first-order valence-corrected chi connectivity index (χ1v) is 4.78. The van der Waals surface area contributed by atoms with E-state index in [0.29, 0.717) is 6.42 Å². The number of carbonyl (C=O) groups is 1. The van der Waals surface area contributed by atoms with E-state index in [4.69, 9.17) is 4.55 Å². The molecule has 0 heterocycles. The summed E-state index contributed by atoms with van der Waals surface area (Å²) < 4.78 is 31.3. The van der Waals surface area contributed by atoms with E-state index >= 15 is 0 Å². The van der Waals surface area contributed by atoms with Gasteiger partial charge in [-0.3, -0.25) is 9.44 Å². The number of rotatable bonds is 4. The van der Waals surface area contributed by atoms with Crippen molar-refractivity contribution >= 4 is 16.4 Å². The van der Waals surface area contributed by atoms with Gasteiger partial charge in [-0.2, -0.15) is 8.42 Å². The second-order valence-electron chi connectivity index (χ2n) is 2.16. The molecule has 0 fully saturated rings. The molecule has 7 nitrogen and oxygen atoms in total. The molecule has 8 heteroatoms. The van der Waals surface area contributed by atoms with Gasteiger partial charge in [0.15, 0.2) is 0 Å². The average molecular weight is 227 g/mol. The number of carbonyl (C=O) groups excluding carboxylic acids is 1. The van der Waals surface area contributed by atoms with Crippen LogP contribution in [0.2, 0.25) is 0 Å². The topological polar surface area (TPSA) is 125 Å². The summed E-state index contributed by atoms with van der Waals surface area (Å²) in [6, 6.07) is 0. The molecule has 0 atom stereocenters. The van der Waals surface area contributed by atoms with Crippen LogP contribution >= 0.6 is 0 Å². The molecule has 0 radical (unpaired) electrons. The fourth-order valence-corrected chi connectivity index (χ4v) is 0.677. The molecular weight excluding hydrogens is 214 g/mol. The molecule has 0 aliphatic heterocycles. The van der Waals surface area contributed by atoms with Crippen LogP contribution in [0.5, 0.6) is 0 Å². The van der Waals surface area contributed by atoms with E-state index in [1.54, 1.807) is 6.92 Å². The molecule has 4 N–H and O–H groups in total. The lowest BCUT2D eigenvalue weighted by Crippen LogP contribution is -2.11. The first-order chi connectivity index (χ1) is 5.87. The Balaban J connectivity index is 0. The maximum atomic E-state index is 10.8. The summed E-state index contributed by atoms with van der Waals surface area (Å²) in [5.41, 5.74) is 0.200. The maximum absolute atomic E-state index is 10.8. The smallest absolute Gasteiger partial charge is 0.344 e. The summed E-state index contributed by atoms with van der Waals surface area (Å²) in [5, 5.41) is 0. The lowest BCUT2D eigenvalue weighted by atomic mass is 10.2. The van der Waals surface area contributed by atoms with Crippen molar-refractivity contribution in [2.24, 2.45) is 0 Å². The summed E-state index contributed by atoms with van der Waals surface area (Å²) in [6.07, 6.45) is 2.13. The van der Waals surface area contributed by atoms with Gasteiger partial charge in [0.2, 0.25) is 0 Å². The molecule has 0 saturated carbocycles. The SMILES string of the molecule is CCC=C(C)C(=O)OOS(=O)(=O)O.N. The minimum absolute atomic E-state index is 0. The van der Waals surface area contributed by atoms with Gasteiger partial charge in [0, 0.05) is 5.57 Å². The van der Waals surface area contributed by atoms with Gasteiger partial charge in [0.1, 0.15) is 0 Å². The molecule has 0 aromatic rings. The minimum atomic E-state index is -4.74. The second kappa shape index (κ2) is 6.49. The van der Waals surface area contributed by atoms with Crippen LogP contribution in [0.15, 0.2) is 11.6 Å². The van der Waals surface area contributed by atoms with Crippen molar-refractivity contribution in [1.29, 1.82) is 0 Å². The molecule has 0 aromatic carbocycles. The lowest BCUT2D eigenvalue weighted by molar-refractivity contribution is -0.209. The molecule has 0 saturated heterocycles. The van der Waals surface area contributed by atoms with Crippen molar-refractivity contribution in [3.05, 3.63) is 11.6 Å². The molecule has 0 unspecified atom stereocenters. The third-order valence-electron chi connectivity index (χ3n) is 1.03. The Bertz CT molecular complexity index is 306. The van der Waals surface area contributed by atoms with Gasteiger partial charge < -0.3 is 6.15 Å². The summed E-state index contributed by atoms with van der Waals surface area (Å²) in [4.78, 5) is 14.6. The van der Waals surface area contributed by atoms with Crippen LogP contribution in [0, 0.1) is 0 Å². The van der Waals surface area contributed by atoms with Gasteiger partial charge in [-0.1, -0.05) is 13.0 Å². The number of hydrogen-bond donors (Lipinski definition) is 2. The molecule has 0 aliphatic rings. The Labute approximate surface area is 82.2 Å². The summed E-state index contributed by atoms with van der Waals surface area (Å²) >= 11 is 0. The molecule has 0 amide bonds. The van der Waals surface area contributed by atoms with Crippen molar-refractivity contribution in [3.63, 3.8) is 0 Å².